The summed E-state index contributed by atoms with van der Waals surface area (Å²) in [4.78, 5) is 0. The average Bonchev–Trinajstić information content (AvgIpc) is 2.94. The van der Waals surface area contributed by atoms with Crippen LogP contribution in [0.4, 0.5) is 0 Å². The summed E-state index contributed by atoms with van der Waals surface area (Å²) < 4.78 is 0. The predicted molar refractivity (Wildman–Crippen MR) is 84.9 cm³/mol. The van der Waals surface area contributed by atoms with Gasteiger partial charge in [-0.2, -0.15) is 5.26 Å². The molecule has 0 bridgehead atoms. The Morgan fingerprint density at radius 2 is 1.81 bits per heavy atom. The van der Waals surface area contributed by atoms with Crippen molar-refractivity contribution in [3.8, 4) is 17.2 Å². The van der Waals surface area contributed by atoms with Gasteiger partial charge in [0.1, 0.15) is 5.41 Å². The maximum absolute atomic E-state index is 9.81. The quantitative estimate of drug-likeness (QED) is 0.636. The van der Waals surface area contributed by atoms with E-state index in [1.54, 1.807) is 0 Å². The van der Waals surface area contributed by atoms with E-state index in [0.717, 1.165) is 12.8 Å². The van der Waals surface area contributed by atoms with Crippen molar-refractivity contribution in [3.63, 3.8) is 0 Å². The Labute approximate surface area is 124 Å². The van der Waals surface area contributed by atoms with E-state index in [9.17, 15) is 5.26 Å². The largest absolute Gasteiger partial charge is 0.197 e. The summed E-state index contributed by atoms with van der Waals surface area (Å²) in [5, 5.41) is 9.81. The smallest absolute Gasteiger partial charge is 0.104 e. The van der Waals surface area contributed by atoms with Crippen molar-refractivity contribution in [1.29, 1.82) is 5.26 Å². The first-order chi connectivity index (χ1) is 10.3. The topological polar surface area (TPSA) is 23.8 Å². The second-order valence-corrected chi connectivity index (χ2v) is 5.74. The Hall–Kier alpha value is -2.59. The summed E-state index contributed by atoms with van der Waals surface area (Å²) in [6.45, 7) is 0. The average molecular weight is 269 g/mol. The van der Waals surface area contributed by atoms with Gasteiger partial charge < -0.3 is 0 Å². The molecule has 0 saturated heterocycles. The molecule has 1 atom stereocenters. The molecule has 21 heavy (non-hydrogen) atoms. The lowest BCUT2D eigenvalue weighted by Gasteiger charge is -2.26. The van der Waals surface area contributed by atoms with E-state index in [-0.39, 0.29) is 0 Å². The van der Waals surface area contributed by atoms with Crippen molar-refractivity contribution < 1.29 is 0 Å². The molecule has 0 aliphatic heterocycles. The summed E-state index contributed by atoms with van der Waals surface area (Å²) in [6, 6.07) is 17.5. The van der Waals surface area contributed by atoms with Gasteiger partial charge in [0.05, 0.1) is 6.07 Å². The Balaban J connectivity index is 1.93. The molecule has 100 valence electrons. The fraction of sp³-hybridized carbons (Fsp3) is 0.150. The molecule has 2 aliphatic rings. The minimum Gasteiger partial charge on any atom is -0.197 e. The van der Waals surface area contributed by atoms with E-state index in [0.29, 0.717) is 0 Å². The molecule has 1 unspecified atom stereocenters. The van der Waals surface area contributed by atoms with Crippen molar-refractivity contribution in [2.75, 3.05) is 0 Å². The molecule has 2 aliphatic carbocycles. The zero-order chi connectivity index (χ0) is 14.3. The van der Waals surface area contributed by atoms with Crippen molar-refractivity contribution in [2.45, 2.75) is 18.3 Å². The van der Waals surface area contributed by atoms with Gasteiger partial charge in [-0.05, 0) is 40.7 Å². The van der Waals surface area contributed by atoms with E-state index in [1.807, 2.05) is 18.2 Å². The van der Waals surface area contributed by atoms with E-state index in [2.05, 4.69) is 54.6 Å². The number of nitriles is 1. The molecule has 0 radical (unpaired) electrons. The van der Waals surface area contributed by atoms with Crippen LogP contribution in [0.25, 0.3) is 11.1 Å². The first-order valence-electron chi connectivity index (χ1n) is 7.30. The highest BCUT2D eigenvalue weighted by Crippen LogP contribution is 2.43. The molecular formula is C20H15N. The van der Waals surface area contributed by atoms with Crippen LogP contribution < -0.4 is 0 Å². The second-order valence-electron chi connectivity index (χ2n) is 5.74. The third kappa shape index (κ3) is 1.69. The summed E-state index contributed by atoms with van der Waals surface area (Å²) in [6.07, 6.45) is 9.84. The van der Waals surface area contributed by atoms with Gasteiger partial charge in [0.25, 0.3) is 0 Å². The van der Waals surface area contributed by atoms with Gasteiger partial charge in [-0.3, -0.25) is 0 Å². The lowest BCUT2D eigenvalue weighted by atomic mass is 9.74. The lowest BCUT2D eigenvalue weighted by molar-refractivity contribution is 0.684. The van der Waals surface area contributed by atoms with Crippen LogP contribution in [0.5, 0.6) is 0 Å². The number of rotatable bonds is 1. The third-order valence-electron chi connectivity index (χ3n) is 4.60. The van der Waals surface area contributed by atoms with E-state index < -0.39 is 5.41 Å². The van der Waals surface area contributed by atoms with Crippen LogP contribution in [0.2, 0.25) is 0 Å². The highest BCUT2D eigenvalue weighted by molar-refractivity contribution is 5.79. The van der Waals surface area contributed by atoms with Crippen LogP contribution >= 0.6 is 0 Å². The molecule has 0 N–H and O–H groups in total. The monoisotopic (exact) mass is 269 g/mol. The van der Waals surface area contributed by atoms with Crippen LogP contribution in [0.15, 0.2) is 66.8 Å². The SMILES string of the molecule is N#CC1(c2cccc3c2Cc2ccccc2-3)C=CC=CC1. The molecule has 0 heterocycles. The number of hydrogen-bond acceptors (Lipinski definition) is 1. The highest BCUT2D eigenvalue weighted by Gasteiger charge is 2.34. The van der Waals surface area contributed by atoms with Crippen LogP contribution in [0.3, 0.4) is 0 Å². The van der Waals surface area contributed by atoms with Crippen molar-refractivity contribution >= 4 is 0 Å². The van der Waals surface area contributed by atoms with Gasteiger partial charge in [0.2, 0.25) is 0 Å². The summed E-state index contributed by atoms with van der Waals surface area (Å²) in [7, 11) is 0. The summed E-state index contributed by atoms with van der Waals surface area (Å²) in [5.41, 5.74) is 5.95. The number of fused-ring (bicyclic) bond motifs is 3. The van der Waals surface area contributed by atoms with E-state index in [4.69, 9.17) is 0 Å². The Morgan fingerprint density at radius 1 is 0.952 bits per heavy atom. The van der Waals surface area contributed by atoms with Crippen LogP contribution in [0, 0.1) is 11.3 Å². The first-order valence-corrected chi connectivity index (χ1v) is 7.30. The molecule has 1 heteroatoms. The van der Waals surface area contributed by atoms with Gasteiger partial charge >= 0.3 is 0 Å². The molecule has 4 rings (SSSR count). The molecule has 0 fully saturated rings. The molecule has 2 aromatic rings. The summed E-state index contributed by atoms with van der Waals surface area (Å²) in [5.74, 6) is 0. The van der Waals surface area contributed by atoms with Gasteiger partial charge in [-0.25, -0.2) is 0 Å². The Kier molecular flexibility index (Phi) is 2.59. The fourth-order valence-corrected chi connectivity index (χ4v) is 3.54. The zero-order valence-electron chi connectivity index (χ0n) is 11.7. The lowest BCUT2D eigenvalue weighted by Crippen LogP contribution is -2.23. The van der Waals surface area contributed by atoms with Gasteiger partial charge in [0, 0.05) is 0 Å². The number of hydrogen-bond donors (Lipinski definition) is 0. The van der Waals surface area contributed by atoms with Gasteiger partial charge in [-0.15, -0.1) is 0 Å². The normalized spacial score (nSPS) is 21.7. The maximum Gasteiger partial charge on any atom is 0.104 e. The van der Waals surface area contributed by atoms with Crippen molar-refractivity contribution in [1.82, 2.24) is 0 Å². The first kappa shape index (κ1) is 12.2. The van der Waals surface area contributed by atoms with E-state index >= 15 is 0 Å². The van der Waals surface area contributed by atoms with Crippen LogP contribution in [-0.2, 0) is 11.8 Å². The van der Waals surface area contributed by atoms with E-state index in [1.165, 1.54) is 27.8 Å². The minimum absolute atomic E-state index is 0.512. The molecule has 0 saturated carbocycles. The Morgan fingerprint density at radius 3 is 2.62 bits per heavy atom. The molecule has 2 aromatic carbocycles. The van der Waals surface area contributed by atoms with Gasteiger partial charge in [0.15, 0.2) is 0 Å². The fourth-order valence-electron chi connectivity index (χ4n) is 3.54. The minimum atomic E-state index is -0.512. The summed E-state index contributed by atoms with van der Waals surface area (Å²) >= 11 is 0. The van der Waals surface area contributed by atoms with Gasteiger partial charge in [-0.1, -0.05) is 66.8 Å². The molecule has 0 spiro atoms. The van der Waals surface area contributed by atoms with Crippen LogP contribution in [0.1, 0.15) is 23.1 Å². The highest BCUT2D eigenvalue weighted by atomic mass is 14.4. The van der Waals surface area contributed by atoms with Crippen molar-refractivity contribution in [3.05, 3.63) is 83.5 Å². The predicted octanol–water partition coefficient (Wildman–Crippen LogP) is 4.54. The molecule has 1 nitrogen and oxygen atoms in total. The second kappa shape index (κ2) is 4.46. The number of nitrogens with zero attached hydrogens (tertiary/aromatic N) is 1. The van der Waals surface area contributed by atoms with Crippen LogP contribution in [-0.4, -0.2) is 0 Å². The third-order valence-corrected chi connectivity index (χ3v) is 4.60. The maximum atomic E-state index is 9.81. The zero-order valence-corrected chi connectivity index (χ0v) is 11.7. The standard InChI is InChI=1S/C20H15N/c21-14-20(11-4-1-5-12-20)19-10-6-9-17-16-8-3-2-7-15(16)13-18(17)19/h1-11H,12-13H2. The molecular weight excluding hydrogens is 254 g/mol. The number of benzene rings is 2. The molecule has 0 aromatic heterocycles. The van der Waals surface area contributed by atoms with Crippen molar-refractivity contribution in [2.24, 2.45) is 0 Å². The molecule has 0 amide bonds. The number of allylic oxidation sites excluding steroid dienone is 4. The Bertz CT molecular complexity index is 820.